The van der Waals surface area contributed by atoms with Crippen molar-refractivity contribution in [2.24, 2.45) is 0 Å². The lowest BCUT2D eigenvalue weighted by Gasteiger charge is -2.18. The first-order valence-electron chi connectivity index (χ1n) is 6.05. The maximum Gasteiger partial charge on any atom is 0.186 e. The zero-order valence-electron chi connectivity index (χ0n) is 9.74. The Labute approximate surface area is 100 Å². The van der Waals surface area contributed by atoms with Crippen LogP contribution in [0.25, 0.3) is 0 Å². The SMILES string of the molecule is CCc1nc(N2CCCCCC2)sc1C=O. The summed E-state index contributed by atoms with van der Waals surface area (Å²) in [4.78, 5) is 18.6. The zero-order chi connectivity index (χ0) is 11.4. The molecule has 1 aromatic heterocycles. The van der Waals surface area contributed by atoms with Gasteiger partial charge in [-0.05, 0) is 19.3 Å². The number of thiazole rings is 1. The minimum atomic E-state index is 0.807. The Balaban J connectivity index is 2.18. The first kappa shape index (κ1) is 11.6. The molecule has 0 radical (unpaired) electrons. The minimum absolute atomic E-state index is 0.807. The van der Waals surface area contributed by atoms with E-state index in [0.29, 0.717) is 0 Å². The summed E-state index contributed by atoms with van der Waals surface area (Å²) < 4.78 is 0. The van der Waals surface area contributed by atoms with Gasteiger partial charge in [-0.2, -0.15) is 0 Å². The standard InChI is InChI=1S/C12H18N2OS/c1-2-10-11(9-15)16-12(13-10)14-7-5-3-4-6-8-14/h9H,2-8H2,1H3. The summed E-state index contributed by atoms with van der Waals surface area (Å²) in [7, 11) is 0. The van der Waals surface area contributed by atoms with E-state index in [9.17, 15) is 4.79 Å². The number of aldehydes is 1. The van der Waals surface area contributed by atoms with E-state index in [4.69, 9.17) is 0 Å². The van der Waals surface area contributed by atoms with Crippen molar-refractivity contribution in [3.8, 4) is 0 Å². The second kappa shape index (κ2) is 5.43. The van der Waals surface area contributed by atoms with Gasteiger partial charge >= 0.3 is 0 Å². The van der Waals surface area contributed by atoms with E-state index < -0.39 is 0 Å². The van der Waals surface area contributed by atoms with Crippen molar-refractivity contribution in [2.75, 3.05) is 18.0 Å². The van der Waals surface area contributed by atoms with Gasteiger partial charge in [0.2, 0.25) is 0 Å². The van der Waals surface area contributed by atoms with Crippen molar-refractivity contribution >= 4 is 22.8 Å². The Kier molecular flexibility index (Phi) is 3.93. The molecule has 0 saturated carbocycles. The van der Waals surface area contributed by atoms with Crippen molar-refractivity contribution in [2.45, 2.75) is 39.0 Å². The maximum absolute atomic E-state index is 10.9. The molecular weight excluding hydrogens is 220 g/mol. The molecule has 0 atom stereocenters. The van der Waals surface area contributed by atoms with Gasteiger partial charge in [0.05, 0.1) is 10.6 Å². The molecule has 0 N–H and O–H groups in total. The number of hydrogen-bond donors (Lipinski definition) is 0. The van der Waals surface area contributed by atoms with Crippen LogP contribution in [0.2, 0.25) is 0 Å². The molecule has 1 aromatic rings. The average Bonchev–Trinajstić information content (AvgIpc) is 2.54. The summed E-state index contributed by atoms with van der Waals surface area (Å²) in [5, 5.41) is 1.04. The molecule has 1 aliphatic rings. The lowest BCUT2D eigenvalue weighted by Crippen LogP contribution is -2.23. The van der Waals surface area contributed by atoms with Crippen LogP contribution in [0.4, 0.5) is 5.13 Å². The van der Waals surface area contributed by atoms with Gasteiger partial charge in [-0.25, -0.2) is 4.98 Å². The molecule has 0 bridgehead atoms. The van der Waals surface area contributed by atoms with E-state index in [1.54, 1.807) is 11.3 Å². The van der Waals surface area contributed by atoms with E-state index in [1.807, 2.05) is 6.92 Å². The summed E-state index contributed by atoms with van der Waals surface area (Å²) in [6.07, 6.45) is 6.93. The molecule has 0 aliphatic carbocycles. The number of aromatic nitrogens is 1. The quantitative estimate of drug-likeness (QED) is 0.759. The van der Waals surface area contributed by atoms with Crippen LogP contribution in [0, 0.1) is 0 Å². The molecule has 0 amide bonds. The number of hydrogen-bond acceptors (Lipinski definition) is 4. The van der Waals surface area contributed by atoms with Crippen LogP contribution < -0.4 is 4.90 Å². The van der Waals surface area contributed by atoms with Crippen molar-refractivity contribution in [1.82, 2.24) is 4.98 Å². The Morgan fingerprint density at radius 2 is 2.00 bits per heavy atom. The average molecular weight is 238 g/mol. The van der Waals surface area contributed by atoms with E-state index in [-0.39, 0.29) is 0 Å². The molecule has 16 heavy (non-hydrogen) atoms. The van der Waals surface area contributed by atoms with Crippen LogP contribution >= 0.6 is 11.3 Å². The highest BCUT2D eigenvalue weighted by atomic mass is 32.1. The van der Waals surface area contributed by atoms with Gasteiger partial charge in [0, 0.05) is 13.1 Å². The Morgan fingerprint density at radius 3 is 2.50 bits per heavy atom. The van der Waals surface area contributed by atoms with Gasteiger partial charge in [0.15, 0.2) is 11.4 Å². The van der Waals surface area contributed by atoms with E-state index >= 15 is 0 Å². The first-order valence-corrected chi connectivity index (χ1v) is 6.86. The second-order valence-electron chi connectivity index (χ2n) is 4.18. The highest BCUT2D eigenvalue weighted by molar-refractivity contribution is 7.17. The predicted octanol–water partition coefficient (Wildman–Crippen LogP) is 2.90. The number of carbonyl (C=O) groups excluding carboxylic acids is 1. The molecule has 4 heteroatoms. The largest absolute Gasteiger partial charge is 0.348 e. The van der Waals surface area contributed by atoms with E-state index in [1.165, 1.54) is 25.7 Å². The second-order valence-corrected chi connectivity index (χ2v) is 5.19. The monoisotopic (exact) mass is 238 g/mol. The van der Waals surface area contributed by atoms with Crippen LogP contribution in [-0.2, 0) is 6.42 Å². The molecule has 1 saturated heterocycles. The Hall–Kier alpha value is -0.900. The first-order chi connectivity index (χ1) is 7.85. The van der Waals surface area contributed by atoms with E-state index in [2.05, 4.69) is 9.88 Å². The zero-order valence-corrected chi connectivity index (χ0v) is 10.6. The smallest absolute Gasteiger partial charge is 0.186 e. The number of rotatable bonds is 3. The van der Waals surface area contributed by atoms with Crippen molar-refractivity contribution in [3.05, 3.63) is 10.6 Å². The molecule has 2 heterocycles. The summed E-state index contributed by atoms with van der Waals surface area (Å²) in [6, 6.07) is 0. The fourth-order valence-electron chi connectivity index (χ4n) is 2.09. The Morgan fingerprint density at radius 1 is 1.31 bits per heavy atom. The normalized spacial score (nSPS) is 17.2. The Bertz CT molecular complexity index is 354. The highest BCUT2D eigenvalue weighted by Gasteiger charge is 2.16. The topological polar surface area (TPSA) is 33.2 Å². The summed E-state index contributed by atoms with van der Waals surface area (Å²) in [5.41, 5.74) is 0.958. The van der Waals surface area contributed by atoms with Gasteiger partial charge < -0.3 is 4.90 Å². The van der Waals surface area contributed by atoms with Gasteiger partial charge in [-0.3, -0.25) is 4.79 Å². The highest BCUT2D eigenvalue weighted by Crippen LogP contribution is 2.27. The van der Waals surface area contributed by atoms with Crippen molar-refractivity contribution in [3.63, 3.8) is 0 Å². The van der Waals surface area contributed by atoms with Crippen LogP contribution in [0.3, 0.4) is 0 Å². The molecule has 88 valence electrons. The van der Waals surface area contributed by atoms with Gasteiger partial charge in [0.25, 0.3) is 0 Å². The fraction of sp³-hybridized carbons (Fsp3) is 0.667. The van der Waals surface area contributed by atoms with Gasteiger partial charge in [-0.15, -0.1) is 0 Å². The third-order valence-corrected chi connectivity index (χ3v) is 4.12. The summed E-state index contributed by atoms with van der Waals surface area (Å²) in [6.45, 7) is 4.23. The molecule has 0 aromatic carbocycles. The van der Waals surface area contributed by atoms with Crippen LogP contribution in [-0.4, -0.2) is 24.4 Å². The molecule has 2 rings (SSSR count). The molecule has 1 fully saturated rings. The van der Waals surface area contributed by atoms with Crippen LogP contribution in [0.5, 0.6) is 0 Å². The van der Waals surface area contributed by atoms with Gasteiger partial charge in [0.1, 0.15) is 0 Å². The van der Waals surface area contributed by atoms with Crippen molar-refractivity contribution in [1.29, 1.82) is 0 Å². The van der Waals surface area contributed by atoms with Gasteiger partial charge in [-0.1, -0.05) is 31.1 Å². The van der Waals surface area contributed by atoms with E-state index in [0.717, 1.165) is 41.5 Å². The third kappa shape index (κ3) is 2.43. The molecule has 0 spiro atoms. The molecule has 1 aliphatic heterocycles. The maximum atomic E-state index is 10.9. The number of aryl methyl sites for hydroxylation is 1. The lowest BCUT2D eigenvalue weighted by molar-refractivity contribution is 0.112. The molecule has 3 nitrogen and oxygen atoms in total. The third-order valence-electron chi connectivity index (χ3n) is 3.03. The summed E-state index contributed by atoms with van der Waals surface area (Å²) >= 11 is 1.55. The minimum Gasteiger partial charge on any atom is -0.348 e. The van der Waals surface area contributed by atoms with Crippen molar-refractivity contribution < 1.29 is 4.79 Å². The number of carbonyl (C=O) groups is 1. The van der Waals surface area contributed by atoms with Crippen LogP contribution in [0.15, 0.2) is 0 Å². The number of nitrogens with zero attached hydrogens (tertiary/aromatic N) is 2. The van der Waals surface area contributed by atoms with Crippen LogP contribution in [0.1, 0.15) is 48.0 Å². The fourth-order valence-corrected chi connectivity index (χ4v) is 3.11. The predicted molar refractivity (Wildman–Crippen MR) is 67.6 cm³/mol. The summed E-state index contributed by atoms with van der Waals surface area (Å²) in [5.74, 6) is 0. The molecular formula is C12H18N2OS. The lowest BCUT2D eigenvalue weighted by atomic mass is 10.2. The number of anilines is 1. The molecule has 0 unspecified atom stereocenters.